The van der Waals surface area contributed by atoms with Crippen LogP contribution < -0.4 is 5.32 Å². The van der Waals surface area contributed by atoms with Crippen molar-refractivity contribution in [2.75, 3.05) is 6.54 Å². The topological polar surface area (TPSA) is 29.1 Å². The minimum Gasteiger partial charge on any atom is -0.355 e. The van der Waals surface area contributed by atoms with Crippen molar-refractivity contribution < 1.29 is 9.18 Å². The summed E-state index contributed by atoms with van der Waals surface area (Å²) in [6.07, 6.45) is 2.37. The van der Waals surface area contributed by atoms with Crippen LogP contribution in [0.1, 0.15) is 25.3 Å². The Labute approximate surface area is 110 Å². The summed E-state index contributed by atoms with van der Waals surface area (Å²) in [6, 6.07) is 6.52. The molecule has 0 aliphatic carbocycles. The van der Waals surface area contributed by atoms with Gasteiger partial charge in [0.15, 0.2) is 0 Å². The largest absolute Gasteiger partial charge is 0.355 e. The van der Waals surface area contributed by atoms with Crippen LogP contribution in [0, 0.1) is 5.82 Å². The predicted molar refractivity (Wildman–Crippen MR) is 70.7 cm³/mol. The van der Waals surface area contributed by atoms with Gasteiger partial charge in [-0.1, -0.05) is 47.5 Å². The summed E-state index contributed by atoms with van der Waals surface area (Å²) in [5, 5.41) is 2.81. The molecule has 4 heteroatoms. The monoisotopic (exact) mass is 301 g/mol. The molecule has 0 fully saturated rings. The number of alkyl halides is 1. The van der Waals surface area contributed by atoms with Crippen LogP contribution in [0.3, 0.4) is 0 Å². The third-order valence-electron chi connectivity index (χ3n) is 2.47. The lowest BCUT2D eigenvalue weighted by Gasteiger charge is -2.11. The van der Waals surface area contributed by atoms with Crippen molar-refractivity contribution in [1.29, 1.82) is 0 Å². The maximum Gasteiger partial charge on any atom is 0.234 e. The van der Waals surface area contributed by atoms with Gasteiger partial charge in [0, 0.05) is 6.54 Å². The number of nitrogens with one attached hydrogen (secondary N) is 1. The Bertz CT molecular complexity index is 370. The molecule has 17 heavy (non-hydrogen) atoms. The molecule has 0 spiro atoms. The van der Waals surface area contributed by atoms with Crippen molar-refractivity contribution >= 4 is 21.8 Å². The van der Waals surface area contributed by atoms with Gasteiger partial charge in [-0.25, -0.2) is 4.39 Å². The summed E-state index contributed by atoms with van der Waals surface area (Å²) in [4.78, 5) is 11.3. The normalized spacial score (nSPS) is 12.2. The van der Waals surface area contributed by atoms with Crippen molar-refractivity contribution in [3.63, 3.8) is 0 Å². The van der Waals surface area contributed by atoms with Crippen molar-refractivity contribution in [2.24, 2.45) is 0 Å². The van der Waals surface area contributed by atoms with Gasteiger partial charge in [0.2, 0.25) is 5.91 Å². The van der Waals surface area contributed by atoms with E-state index in [1.807, 2.05) is 0 Å². The molecule has 0 saturated carbocycles. The molecular weight excluding hydrogens is 285 g/mol. The number of rotatable bonds is 6. The SMILES string of the molecule is CCCCNC(=O)C(Br)Cc1ccccc1F. The van der Waals surface area contributed by atoms with E-state index in [2.05, 4.69) is 28.2 Å². The average molecular weight is 302 g/mol. The molecule has 0 heterocycles. The van der Waals surface area contributed by atoms with E-state index in [1.54, 1.807) is 18.2 Å². The Hall–Kier alpha value is -0.900. The van der Waals surface area contributed by atoms with Crippen LogP contribution in [-0.2, 0) is 11.2 Å². The third kappa shape index (κ3) is 4.86. The van der Waals surface area contributed by atoms with Crippen LogP contribution in [0.2, 0.25) is 0 Å². The molecule has 0 aliphatic rings. The van der Waals surface area contributed by atoms with Crippen molar-refractivity contribution in [3.05, 3.63) is 35.6 Å². The Morgan fingerprint density at radius 3 is 2.82 bits per heavy atom. The smallest absolute Gasteiger partial charge is 0.234 e. The quantitative estimate of drug-likeness (QED) is 0.635. The highest BCUT2D eigenvalue weighted by molar-refractivity contribution is 9.10. The number of halogens is 2. The first-order valence-corrected chi connectivity index (χ1v) is 6.72. The van der Waals surface area contributed by atoms with Gasteiger partial charge in [-0.2, -0.15) is 0 Å². The van der Waals surface area contributed by atoms with Crippen molar-refractivity contribution in [1.82, 2.24) is 5.32 Å². The van der Waals surface area contributed by atoms with Gasteiger partial charge >= 0.3 is 0 Å². The number of carbonyl (C=O) groups excluding carboxylic acids is 1. The summed E-state index contributed by atoms with van der Waals surface area (Å²) in [5.41, 5.74) is 0.556. The number of carbonyl (C=O) groups is 1. The Balaban J connectivity index is 2.46. The first-order valence-electron chi connectivity index (χ1n) is 5.80. The zero-order chi connectivity index (χ0) is 12.7. The summed E-state index contributed by atoms with van der Waals surface area (Å²) in [6.45, 7) is 2.74. The number of unbranched alkanes of at least 4 members (excludes halogenated alkanes) is 1. The first kappa shape index (κ1) is 14.2. The van der Waals surface area contributed by atoms with Crippen molar-refractivity contribution in [2.45, 2.75) is 31.0 Å². The highest BCUT2D eigenvalue weighted by Crippen LogP contribution is 2.13. The molecule has 1 amide bonds. The Kier molecular flexibility index (Phi) is 6.19. The Morgan fingerprint density at radius 2 is 2.18 bits per heavy atom. The van der Waals surface area contributed by atoms with E-state index in [0.717, 1.165) is 12.8 Å². The highest BCUT2D eigenvalue weighted by Gasteiger charge is 2.16. The third-order valence-corrected chi connectivity index (χ3v) is 3.21. The van der Waals surface area contributed by atoms with E-state index >= 15 is 0 Å². The lowest BCUT2D eigenvalue weighted by molar-refractivity contribution is -0.120. The van der Waals surface area contributed by atoms with Crippen LogP contribution in [0.5, 0.6) is 0 Å². The molecule has 0 bridgehead atoms. The molecule has 0 saturated heterocycles. The molecule has 1 aromatic carbocycles. The van der Waals surface area contributed by atoms with E-state index in [4.69, 9.17) is 0 Å². The maximum atomic E-state index is 13.4. The second-order valence-corrected chi connectivity index (χ2v) is 5.01. The summed E-state index contributed by atoms with van der Waals surface area (Å²) < 4.78 is 13.4. The fourth-order valence-electron chi connectivity index (χ4n) is 1.45. The van der Waals surface area contributed by atoms with Gasteiger partial charge in [0.1, 0.15) is 5.82 Å². The van der Waals surface area contributed by atoms with E-state index in [1.165, 1.54) is 6.07 Å². The number of hydrogen-bond donors (Lipinski definition) is 1. The van der Waals surface area contributed by atoms with Crippen LogP contribution >= 0.6 is 15.9 Å². The van der Waals surface area contributed by atoms with Gasteiger partial charge in [0.05, 0.1) is 4.83 Å². The summed E-state index contributed by atoms with van der Waals surface area (Å²) in [7, 11) is 0. The van der Waals surface area contributed by atoms with Gasteiger partial charge in [0.25, 0.3) is 0 Å². The standard InChI is InChI=1S/C13H17BrFNO/c1-2-3-8-16-13(17)11(14)9-10-6-4-5-7-12(10)15/h4-7,11H,2-3,8-9H2,1H3,(H,16,17). The van der Waals surface area contributed by atoms with E-state index in [-0.39, 0.29) is 16.6 Å². The molecule has 1 unspecified atom stereocenters. The molecule has 1 aromatic rings. The summed E-state index contributed by atoms with van der Waals surface area (Å²) >= 11 is 3.29. The molecule has 0 aromatic heterocycles. The van der Waals surface area contributed by atoms with Gasteiger partial charge < -0.3 is 5.32 Å². The maximum absolute atomic E-state index is 13.4. The number of hydrogen-bond acceptors (Lipinski definition) is 1. The number of amides is 1. The fourth-order valence-corrected chi connectivity index (χ4v) is 1.96. The van der Waals surface area contributed by atoms with Gasteiger partial charge in [-0.05, 0) is 24.5 Å². The minimum atomic E-state index is -0.378. The lowest BCUT2D eigenvalue weighted by Crippen LogP contribution is -2.33. The molecule has 0 aliphatic heterocycles. The first-order chi connectivity index (χ1) is 8.15. The lowest BCUT2D eigenvalue weighted by atomic mass is 10.1. The van der Waals surface area contributed by atoms with Crippen LogP contribution in [-0.4, -0.2) is 17.3 Å². The fraction of sp³-hybridized carbons (Fsp3) is 0.462. The molecule has 2 nitrogen and oxygen atoms in total. The summed E-state index contributed by atoms with van der Waals surface area (Å²) in [5.74, 6) is -0.347. The van der Waals surface area contributed by atoms with E-state index in [9.17, 15) is 9.18 Å². The molecule has 1 rings (SSSR count). The molecular formula is C13H17BrFNO. The molecule has 0 radical (unpaired) electrons. The van der Waals surface area contributed by atoms with Crippen LogP contribution in [0.25, 0.3) is 0 Å². The second kappa shape index (κ2) is 7.43. The minimum absolute atomic E-state index is 0.0818. The molecule has 1 N–H and O–H groups in total. The van der Waals surface area contributed by atoms with Crippen molar-refractivity contribution in [3.8, 4) is 0 Å². The molecule has 1 atom stereocenters. The highest BCUT2D eigenvalue weighted by atomic mass is 79.9. The average Bonchev–Trinajstić information content (AvgIpc) is 2.32. The van der Waals surface area contributed by atoms with Crippen LogP contribution in [0.4, 0.5) is 4.39 Å². The second-order valence-electron chi connectivity index (χ2n) is 3.91. The number of benzene rings is 1. The predicted octanol–water partition coefficient (Wildman–Crippen LogP) is 3.05. The zero-order valence-electron chi connectivity index (χ0n) is 9.88. The van der Waals surface area contributed by atoms with Gasteiger partial charge in [-0.15, -0.1) is 0 Å². The molecule has 94 valence electrons. The van der Waals surface area contributed by atoms with Crippen LogP contribution in [0.15, 0.2) is 24.3 Å². The van der Waals surface area contributed by atoms with Gasteiger partial charge in [-0.3, -0.25) is 4.79 Å². The zero-order valence-corrected chi connectivity index (χ0v) is 11.5. The van der Waals surface area contributed by atoms with E-state index < -0.39 is 0 Å². The van der Waals surface area contributed by atoms with E-state index in [0.29, 0.717) is 18.5 Å². The Morgan fingerprint density at radius 1 is 1.47 bits per heavy atom.